The van der Waals surface area contributed by atoms with Crippen LogP contribution in [0.4, 0.5) is 0 Å². The van der Waals surface area contributed by atoms with Gasteiger partial charge in [-0.1, -0.05) is 81.6 Å². The SMILES string of the molecule is CCCCNC(=O)[C@@H](CC)N(Cc1ccc(Cl)c(Cl)c1)C(=O)COc1ccccc1C(C)C. The summed E-state index contributed by atoms with van der Waals surface area (Å²) < 4.78 is 5.92. The highest BCUT2D eigenvalue weighted by Gasteiger charge is 2.29. The van der Waals surface area contributed by atoms with Crippen LogP contribution < -0.4 is 10.1 Å². The molecular formula is C26H34Cl2N2O3. The molecule has 33 heavy (non-hydrogen) atoms. The second-order valence-corrected chi connectivity index (χ2v) is 9.13. The summed E-state index contributed by atoms with van der Waals surface area (Å²) in [4.78, 5) is 27.8. The van der Waals surface area contributed by atoms with Gasteiger partial charge in [0.1, 0.15) is 11.8 Å². The van der Waals surface area contributed by atoms with E-state index in [9.17, 15) is 9.59 Å². The molecule has 2 rings (SSSR count). The molecule has 2 amide bonds. The van der Waals surface area contributed by atoms with Crippen molar-refractivity contribution in [3.8, 4) is 5.75 Å². The van der Waals surface area contributed by atoms with Crippen LogP contribution in [0.5, 0.6) is 5.75 Å². The van der Waals surface area contributed by atoms with Crippen molar-refractivity contribution in [1.29, 1.82) is 0 Å². The smallest absolute Gasteiger partial charge is 0.261 e. The maximum absolute atomic E-state index is 13.4. The number of ether oxygens (including phenoxy) is 1. The Kier molecular flexibility index (Phi) is 11.0. The van der Waals surface area contributed by atoms with E-state index in [1.807, 2.05) is 37.3 Å². The Bertz CT molecular complexity index is 934. The predicted octanol–water partition coefficient (Wildman–Crippen LogP) is 6.22. The monoisotopic (exact) mass is 492 g/mol. The highest BCUT2D eigenvalue weighted by molar-refractivity contribution is 6.42. The van der Waals surface area contributed by atoms with Crippen LogP contribution in [0.25, 0.3) is 0 Å². The minimum Gasteiger partial charge on any atom is -0.483 e. The molecule has 0 spiro atoms. The van der Waals surface area contributed by atoms with Crippen LogP contribution in [-0.4, -0.2) is 35.9 Å². The summed E-state index contributed by atoms with van der Waals surface area (Å²) in [5, 5.41) is 3.80. The van der Waals surface area contributed by atoms with Crippen molar-refractivity contribution in [2.45, 2.75) is 65.5 Å². The third-order valence-electron chi connectivity index (χ3n) is 5.44. The van der Waals surface area contributed by atoms with E-state index in [4.69, 9.17) is 27.9 Å². The van der Waals surface area contributed by atoms with Gasteiger partial charge in [-0.2, -0.15) is 0 Å². The van der Waals surface area contributed by atoms with Gasteiger partial charge in [-0.05, 0) is 48.1 Å². The average molecular weight is 493 g/mol. The standard InChI is InChI=1S/C26H34Cl2N2O3/c1-5-7-14-29-26(32)23(6-2)30(16-19-12-13-21(27)22(28)15-19)25(31)17-33-24-11-9-8-10-20(24)18(3)4/h8-13,15,18,23H,5-7,14,16-17H2,1-4H3,(H,29,32)/t23-/m1/s1. The maximum Gasteiger partial charge on any atom is 0.261 e. The van der Waals surface area contributed by atoms with Crippen molar-refractivity contribution in [3.63, 3.8) is 0 Å². The molecule has 7 heteroatoms. The van der Waals surface area contributed by atoms with Gasteiger partial charge in [0.2, 0.25) is 5.91 Å². The number of para-hydroxylation sites is 1. The van der Waals surface area contributed by atoms with Crippen molar-refractivity contribution in [1.82, 2.24) is 10.2 Å². The fourth-order valence-electron chi connectivity index (χ4n) is 3.57. The molecule has 0 aliphatic rings. The molecule has 2 aromatic rings. The maximum atomic E-state index is 13.4. The van der Waals surface area contributed by atoms with Crippen molar-refractivity contribution in [2.75, 3.05) is 13.2 Å². The number of halogens is 2. The Morgan fingerprint density at radius 2 is 1.79 bits per heavy atom. The summed E-state index contributed by atoms with van der Waals surface area (Å²) in [6.07, 6.45) is 2.34. The molecule has 0 bridgehead atoms. The van der Waals surface area contributed by atoms with E-state index in [1.54, 1.807) is 17.0 Å². The number of amides is 2. The summed E-state index contributed by atoms with van der Waals surface area (Å²) >= 11 is 12.2. The van der Waals surface area contributed by atoms with Crippen LogP contribution in [0.15, 0.2) is 42.5 Å². The molecule has 1 N–H and O–H groups in total. The number of benzene rings is 2. The highest BCUT2D eigenvalue weighted by atomic mass is 35.5. The molecule has 0 radical (unpaired) electrons. The lowest BCUT2D eigenvalue weighted by atomic mass is 10.0. The van der Waals surface area contributed by atoms with Gasteiger partial charge >= 0.3 is 0 Å². The van der Waals surface area contributed by atoms with Gasteiger partial charge in [-0.15, -0.1) is 0 Å². The Hall–Kier alpha value is -2.24. The molecule has 0 aromatic heterocycles. The highest BCUT2D eigenvalue weighted by Crippen LogP contribution is 2.27. The first-order valence-corrected chi connectivity index (χ1v) is 12.3. The van der Waals surface area contributed by atoms with E-state index in [2.05, 4.69) is 26.1 Å². The lowest BCUT2D eigenvalue weighted by Crippen LogP contribution is -2.50. The zero-order chi connectivity index (χ0) is 24.4. The Labute approximate surface area is 207 Å². The first-order chi connectivity index (χ1) is 15.8. The van der Waals surface area contributed by atoms with Crippen molar-refractivity contribution in [2.24, 2.45) is 0 Å². The molecule has 0 fully saturated rings. The van der Waals surface area contributed by atoms with Crippen molar-refractivity contribution in [3.05, 3.63) is 63.6 Å². The molecular weight excluding hydrogens is 459 g/mol. The minimum atomic E-state index is -0.618. The van der Waals surface area contributed by atoms with Gasteiger partial charge in [0.15, 0.2) is 6.61 Å². The molecule has 0 saturated carbocycles. The third-order valence-corrected chi connectivity index (χ3v) is 6.18. The first kappa shape index (κ1) is 27.0. The Balaban J connectivity index is 2.25. The van der Waals surface area contributed by atoms with Gasteiger partial charge in [-0.3, -0.25) is 9.59 Å². The van der Waals surface area contributed by atoms with Crippen LogP contribution in [0.1, 0.15) is 64.0 Å². The molecule has 2 aromatic carbocycles. The second-order valence-electron chi connectivity index (χ2n) is 8.32. The van der Waals surface area contributed by atoms with Gasteiger partial charge < -0.3 is 15.0 Å². The zero-order valence-electron chi connectivity index (χ0n) is 19.9. The minimum absolute atomic E-state index is 0.163. The van der Waals surface area contributed by atoms with Gasteiger partial charge in [-0.25, -0.2) is 0 Å². The van der Waals surface area contributed by atoms with Gasteiger partial charge in [0, 0.05) is 13.1 Å². The lowest BCUT2D eigenvalue weighted by molar-refractivity contribution is -0.143. The number of nitrogens with one attached hydrogen (secondary N) is 1. The average Bonchev–Trinajstić information content (AvgIpc) is 2.80. The number of carbonyl (C=O) groups is 2. The number of unbranched alkanes of at least 4 members (excludes halogenated alkanes) is 1. The Morgan fingerprint density at radius 1 is 1.06 bits per heavy atom. The normalized spacial score (nSPS) is 11.8. The fourth-order valence-corrected chi connectivity index (χ4v) is 3.89. The number of carbonyl (C=O) groups excluding carboxylic acids is 2. The molecule has 0 aliphatic heterocycles. The number of hydrogen-bond donors (Lipinski definition) is 1. The lowest BCUT2D eigenvalue weighted by Gasteiger charge is -2.31. The van der Waals surface area contributed by atoms with E-state index in [1.165, 1.54) is 0 Å². The van der Waals surface area contributed by atoms with Gasteiger partial charge in [0.25, 0.3) is 5.91 Å². The molecule has 0 unspecified atom stereocenters. The quantitative estimate of drug-likeness (QED) is 0.357. The van der Waals surface area contributed by atoms with Crippen LogP contribution >= 0.6 is 23.2 Å². The third kappa shape index (κ3) is 7.94. The van der Waals surface area contributed by atoms with E-state index in [0.29, 0.717) is 28.8 Å². The summed E-state index contributed by atoms with van der Waals surface area (Å²) in [7, 11) is 0. The summed E-state index contributed by atoms with van der Waals surface area (Å²) in [5.74, 6) is 0.506. The van der Waals surface area contributed by atoms with Crippen LogP contribution in [0.3, 0.4) is 0 Å². The van der Waals surface area contributed by atoms with Crippen molar-refractivity contribution < 1.29 is 14.3 Å². The molecule has 180 valence electrons. The van der Waals surface area contributed by atoms with Crippen LogP contribution in [-0.2, 0) is 16.1 Å². The molecule has 1 atom stereocenters. The van der Waals surface area contributed by atoms with E-state index in [0.717, 1.165) is 24.0 Å². The molecule has 0 heterocycles. The number of rotatable bonds is 12. The zero-order valence-corrected chi connectivity index (χ0v) is 21.4. The largest absolute Gasteiger partial charge is 0.483 e. The number of nitrogens with zero attached hydrogens (tertiary/aromatic N) is 1. The van der Waals surface area contributed by atoms with Crippen molar-refractivity contribution >= 4 is 35.0 Å². The summed E-state index contributed by atoms with van der Waals surface area (Å²) in [6, 6.07) is 12.3. The fraction of sp³-hybridized carbons (Fsp3) is 0.462. The van der Waals surface area contributed by atoms with E-state index in [-0.39, 0.29) is 30.9 Å². The topological polar surface area (TPSA) is 58.6 Å². The summed E-state index contributed by atoms with van der Waals surface area (Å²) in [5.41, 5.74) is 1.82. The Morgan fingerprint density at radius 3 is 2.42 bits per heavy atom. The van der Waals surface area contributed by atoms with Crippen LogP contribution in [0, 0.1) is 0 Å². The summed E-state index contributed by atoms with van der Waals surface area (Å²) in [6.45, 7) is 8.76. The molecule has 0 saturated heterocycles. The second kappa shape index (κ2) is 13.5. The number of hydrogen-bond acceptors (Lipinski definition) is 3. The molecule has 5 nitrogen and oxygen atoms in total. The van der Waals surface area contributed by atoms with E-state index < -0.39 is 6.04 Å². The first-order valence-electron chi connectivity index (χ1n) is 11.5. The van der Waals surface area contributed by atoms with Gasteiger partial charge in [0.05, 0.1) is 10.0 Å². The van der Waals surface area contributed by atoms with Crippen LogP contribution in [0.2, 0.25) is 10.0 Å². The predicted molar refractivity (Wildman–Crippen MR) is 135 cm³/mol. The van der Waals surface area contributed by atoms with E-state index >= 15 is 0 Å². The molecule has 0 aliphatic carbocycles.